The highest BCUT2D eigenvalue weighted by Crippen LogP contribution is 2.28. The molecule has 0 aromatic heterocycles. The maximum atomic E-state index is 5.47. The molecule has 2 aromatic rings. The Morgan fingerprint density at radius 3 is 2.28 bits per heavy atom. The summed E-state index contributed by atoms with van der Waals surface area (Å²) in [5, 5.41) is 6.79. The molecular formula is C21H27N3O. The standard InChI is InChI=1S/C21H27N3O/c1-17(2)19-10-8-18(9-11-19)16-22-24-14-12-23(13-15-24)20-6-4-5-7-21(20)25-3/h4-11,16-17H,12-15H2,1-3H3. The Morgan fingerprint density at radius 1 is 0.960 bits per heavy atom. The highest BCUT2D eigenvalue weighted by Gasteiger charge is 2.18. The Morgan fingerprint density at radius 2 is 1.64 bits per heavy atom. The second-order valence-corrected chi connectivity index (χ2v) is 6.68. The van der Waals surface area contributed by atoms with Crippen LogP contribution in [0.25, 0.3) is 0 Å². The van der Waals surface area contributed by atoms with Crippen LogP contribution in [-0.4, -0.2) is 44.5 Å². The number of para-hydroxylation sites is 2. The number of anilines is 1. The number of hydrazone groups is 1. The Kier molecular flexibility index (Phi) is 5.59. The van der Waals surface area contributed by atoms with E-state index in [1.54, 1.807) is 7.11 Å². The van der Waals surface area contributed by atoms with Gasteiger partial charge >= 0.3 is 0 Å². The number of hydrogen-bond acceptors (Lipinski definition) is 4. The molecule has 0 saturated carbocycles. The first-order chi connectivity index (χ1) is 12.2. The van der Waals surface area contributed by atoms with Gasteiger partial charge in [0.15, 0.2) is 0 Å². The maximum Gasteiger partial charge on any atom is 0.142 e. The summed E-state index contributed by atoms with van der Waals surface area (Å²) in [6, 6.07) is 16.9. The molecule has 132 valence electrons. The zero-order chi connectivity index (χ0) is 17.6. The van der Waals surface area contributed by atoms with Crippen LogP contribution in [0.3, 0.4) is 0 Å². The van der Waals surface area contributed by atoms with Gasteiger partial charge in [0.1, 0.15) is 5.75 Å². The molecule has 4 heteroatoms. The highest BCUT2D eigenvalue weighted by atomic mass is 16.5. The molecule has 0 aliphatic carbocycles. The highest BCUT2D eigenvalue weighted by molar-refractivity contribution is 5.79. The molecule has 2 aromatic carbocycles. The summed E-state index contributed by atoms with van der Waals surface area (Å²) < 4.78 is 5.47. The number of rotatable bonds is 5. The number of benzene rings is 2. The summed E-state index contributed by atoms with van der Waals surface area (Å²) in [6.45, 7) is 8.15. The minimum atomic E-state index is 0.564. The molecule has 1 aliphatic heterocycles. The Balaban J connectivity index is 1.57. The molecule has 4 nitrogen and oxygen atoms in total. The molecule has 0 N–H and O–H groups in total. The SMILES string of the molecule is COc1ccccc1N1CCN(N=Cc2ccc(C(C)C)cc2)CC1. The Bertz CT molecular complexity index is 701. The van der Waals surface area contributed by atoms with E-state index in [9.17, 15) is 0 Å². The van der Waals surface area contributed by atoms with Gasteiger partial charge in [0.05, 0.1) is 32.1 Å². The molecule has 0 spiro atoms. The number of ether oxygens (including phenoxy) is 1. The minimum absolute atomic E-state index is 0.564. The second kappa shape index (κ2) is 8.06. The lowest BCUT2D eigenvalue weighted by Gasteiger charge is -2.35. The molecule has 1 saturated heterocycles. The van der Waals surface area contributed by atoms with Crippen molar-refractivity contribution >= 4 is 11.9 Å². The topological polar surface area (TPSA) is 28.1 Å². The van der Waals surface area contributed by atoms with Crippen molar-refractivity contribution in [1.82, 2.24) is 5.01 Å². The first kappa shape index (κ1) is 17.3. The number of methoxy groups -OCH3 is 1. The van der Waals surface area contributed by atoms with Gasteiger partial charge in [-0.25, -0.2) is 0 Å². The van der Waals surface area contributed by atoms with Crippen LogP contribution >= 0.6 is 0 Å². The second-order valence-electron chi connectivity index (χ2n) is 6.68. The Labute approximate surface area is 150 Å². The molecule has 0 amide bonds. The van der Waals surface area contributed by atoms with E-state index in [1.807, 2.05) is 18.3 Å². The third kappa shape index (κ3) is 4.32. The average Bonchev–Trinajstić information content (AvgIpc) is 2.67. The van der Waals surface area contributed by atoms with Gasteiger partial charge in [-0.1, -0.05) is 50.2 Å². The molecule has 3 rings (SSSR count). The van der Waals surface area contributed by atoms with Crippen molar-refractivity contribution in [3.63, 3.8) is 0 Å². The quantitative estimate of drug-likeness (QED) is 0.773. The van der Waals surface area contributed by atoms with Crippen LogP contribution in [0.4, 0.5) is 5.69 Å². The monoisotopic (exact) mass is 337 g/mol. The van der Waals surface area contributed by atoms with Gasteiger partial charge in [0, 0.05) is 13.1 Å². The fourth-order valence-corrected chi connectivity index (χ4v) is 3.06. The summed E-state index contributed by atoms with van der Waals surface area (Å²) in [5.41, 5.74) is 3.68. The van der Waals surface area contributed by atoms with Gasteiger partial charge in [-0.2, -0.15) is 5.10 Å². The molecule has 1 heterocycles. The zero-order valence-corrected chi connectivity index (χ0v) is 15.4. The molecule has 0 unspecified atom stereocenters. The summed E-state index contributed by atoms with van der Waals surface area (Å²) in [5.74, 6) is 1.50. The third-order valence-corrected chi connectivity index (χ3v) is 4.66. The van der Waals surface area contributed by atoms with Crippen molar-refractivity contribution in [2.24, 2.45) is 5.10 Å². The maximum absolute atomic E-state index is 5.47. The number of nitrogens with zero attached hydrogens (tertiary/aromatic N) is 3. The van der Waals surface area contributed by atoms with E-state index in [0.29, 0.717) is 5.92 Å². The van der Waals surface area contributed by atoms with Crippen molar-refractivity contribution in [1.29, 1.82) is 0 Å². The van der Waals surface area contributed by atoms with Gasteiger partial charge in [0.25, 0.3) is 0 Å². The smallest absolute Gasteiger partial charge is 0.142 e. The first-order valence-corrected chi connectivity index (χ1v) is 8.94. The van der Waals surface area contributed by atoms with Crippen LogP contribution in [-0.2, 0) is 0 Å². The minimum Gasteiger partial charge on any atom is -0.495 e. The van der Waals surface area contributed by atoms with Gasteiger partial charge in [-0.15, -0.1) is 0 Å². The van der Waals surface area contributed by atoms with E-state index < -0.39 is 0 Å². The van der Waals surface area contributed by atoms with Crippen molar-refractivity contribution in [2.45, 2.75) is 19.8 Å². The number of hydrogen-bond donors (Lipinski definition) is 0. The van der Waals surface area contributed by atoms with E-state index in [-0.39, 0.29) is 0 Å². The van der Waals surface area contributed by atoms with Crippen LogP contribution < -0.4 is 9.64 Å². The molecule has 1 aliphatic rings. The van der Waals surface area contributed by atoms with Crippen LogP contribution in [0.1, 0.15) is 30.9 Å². The lowest BCUT2D eigenvalue weighted by molar-refractivity contribution is 0.271. The molecule has 0 atom stereocenters. The third-order valence-electron chi connectivity index (χ3n) is 4.66. The average molecular weight is 337 g/mol. The lowest BCUT2D eigenvalue weighted by atomic mass is 10.0. The molecule has 1 fully saturated rings. The van der Waals surface area contributed by atoms with Gasteiger partial charge < -0.3 is 9.64 Å². The molecular weight excluding hydrogens is 310 g/mol. The van der Waals surface area contributed by atoms with E-state index in [2.05, 4.69) is 65.3 Å². The van der Waals surface area contributed by atoms with Crippen LogP contribution in [0.2, 0.25) is 0 Å². The van der Waals surface area contributed by atoms with E-state index in [0.717, 1.165) is 43.2 Å². The normalized spacial score (nSPS) is 15.2. The van der Waals surface area contributed by atoms with Gasteiger partial charge in [0.2, 0.25) is 0 Å². The van der Waals surface area contributed by atoms with Crippen LogP contribution in [0, 0.1) is 0 Å². The van der Waals surface area contributed by atoms with E-state index in [4.69, 9.17) is 4.74 Å². The molecule has 0 bridgehead atoms. The fraction of sp³-hybridized carbons (Fsp3) is 0.381. The van der Waals surface area contributed by atoms with Gasteiger partial charge in [-0.05, 0) is 29.2 Å². The summed E-state index contributed by atoms with van der Waals surface area (Å²) in [4.78, 5) is 2.36. The summed E-state index contributed by atoms with van der Waals surface area (Å²) in [7, 11) is 1.73. The zero-order valence-electron chi connectivity index (χ0n) is 15.4. The lowest BCUT2D eigenvalue weighted by Crippen LogP contribution is -2.44. The predicted octanol–water partition coefficient (Wildman–Crippen LogP) is 3.97. The van der Waals surface area contributed by atoms with Crippen LogP contribution in [0.15, 0.2) is 53.6 Å². The van der Waals surface area contributed by atoms with E-state index in [1.165, 1.54) is 5.56 Å². The summed E-state index contributed by atoms with van der Waals surface area (Å²) in [6.07, 6.45) is 1.96. The largest absolute Gasteiger partial charge is 0.495 e. The predicted molar refractivity (Wildman–Crippen MR) is 105 cm³/mol. The van der Waals surface area contributed by atoms with E-state index >= 15 is 0 Å². The van der Waals surface area contributed by atoms with Crippen LogP contribution in [0.5, 0.6) is 5.75 Å². The Hall–Kier alpha value is -2.49. The summed E-state index contributed by atoms with van der Waals surface area (Å²) >= 11 is 0. The van der Waals surface area contributed by atoms with Crippen molar-refractivity contribution < 1.29 is 4.74 Å². The van der Waals surface area contributed by atoms with Crippen molar-refractivity contribution in [2.75, 3.05) is 38.2 Å². The van der Waals surface area contributed by atoms with Gasteiger partial charge in [-0.3, -0.25) is 5.01 Å². The molecule has 25 heavy (non-hydrogen) atoms. The molecule has 0 radical (unpaired) electrons. The first-order valence-electron chi connectivity index (χ1n) is 8.94. The fourth-order valence-electron chi connectivity index (χ4n) is 3.06. The van der Waals surface area contributed by atoms with Crippen molar-refractivity contribution in [3.05, 3.63) is 59.7 Å². The van der Waals surface area contributed by atoms with Crippen molar-refractivity contribution in [3.8, 4) is 5.75 Å². The number of piperazine rings is 1.